The number of hydrogen-bond acceptors (Lipinski definition) is 2. The molecule has 0 unspecified atom stereocenters. The van der Waals surface area contributed by atoms with Crippen molar-refractivity contribution in [2.75, 3.05) is 39.8 Å². The minimum Gasteiger partial charge on any atom is -0.304 e. The summed E-state index contributed by atoms with van der Waals surface area (Å²) in [5.41, 5.74) is 0. The molecule has 1 saturated carbocycles. The smallest absolute Gasteiger partial charge is 0.0110 e. The fraction of sp³-hybridized carbons (Fsp3) is 1.00. The maximum Gasteiger partial charge on any atom is 0.0110 e. The molecule has 0 bridgehead atoms. The van der Waals surface area contributed by atoms with E-state index in [9.17, 15) is 0 Å². The molecule has 2 fully saturated rings. The van der Waals surface area contributed by atoms with Gasteiger partial charge in [-0.05, 0) is 25.8 Å². The molecule has 2 aliphatic rings. The van der Waals surface area contributed by atoms with E-state index in [0.717, 1.165) is 5.92 Å². The van der Waals surface area contributed by atoms with Gasteiger partial charge in [-0.3, -0.25) is 0 Å². The summed E-state index contributed by atoms with van der Waals surface area (Å²) in [7, 11) is 2.23. The number of nitrogens with zero attached hydrogens (tertiary/aromatic N) is 2. The third-order valence-corrected chi connectivity index (χ3v) is 3.59. The summed E-state index contributed by atoms with van der Waals surface area (Å²) in [4.78, 5) is 5.10. The minimum atomic E-state index is 1.03. The van der Waals surface area contributed by atoms with Crippen LogP contribution in [0.4, 0.5) is 0 Å². The van der Waals surface area contributed by atoms with Crippen LogP contribution in [-0.2, 0) is 0 Å². The largest absolute Gasteiger partial charge is 0.304 e. The molecule has 0 atom stereocenters. The highest BCUT2D eigenvalue weighted by atomic mass is 15.2. The zero-order valence-corrected chi connectivity index (χ0v) is 8.84. The summed E-state index contributed by atoms with van der Waals surface area (Å²) in [5.74, 6) is 1.03. The third-order valence-electron chi connectivity index (χ3n) is 3.59. The lowest BCUT2D eigenvalue weighted by Gasteiger charge is -2.33. The maximum absolute atomic E-state index is 2.66. The summed E-state index contributed by atoms with van der Waals surface area (Å²) < 4.78 is 0. The van der Waals surface area contributed by atoms with Gasteiger partial charge in [-0.15, -0.1) is 0 Å². The van der Waals surface area contributed by atoms with E-state index >= 15 is 0 Å². The number of rotatable bonds is 2. The maximum atomic E-state index is 2.66. The number of hydrogen-bond donors (Lipinski definition) is 0. The lowest BCUT2D eigenvalue weighted by atomic mass is 10.1. The molecule has 1 saturated heterocycles. The van der Waals surface area contributed by atoms with Crippen LogP contribution in [0, 0.1) is 5.92 Å². The lowest BCUT2D eigenvalue weighted by molar-refractivity contribution is 0.136. The Hall–Kier alpha value is -0.0800. The molecule has 0 N–H and O–H groups in total. The first-order valence-electron chi connectivity index (χ1n) is 5.75. The van der Waals surface area contributed by atoms with Crippen molar-refractivity contribution in [2.24, 2.45) is 5.92 Å². The molecule has 2 nitrogen and oxygen atoms in total. The monoisotopic (exact) mass is 182 g/mol. The molecule has 0 aromatic rings. The van der Waals surface area contributed by atoms with Gasteiger partial charge in [-0.2, -0.15) is 0 Å². The molecule has 1 heterocycles. The van der Waals surface area contributed by atoms with Gasteiger partial charge in [-0.25, -0.2) is 0 Å². The third kappa shape index (κ3) is 2.68. The van der Waals surface area contributed by atoms with Crippen molar-refractivity contribution >= 4 is 0 Å². The van der Waals surface area contributed by atoms with E-state index in [4.69, 9.17) is 0 Å². The Morgan fingerprint density at radius 3 is 2.23 bits per heavy atom. The van der Waals surface area contributed by atoms with Crippen LogP contribution in [0.2, 0.25) is 0 Å². The Morgan fingerprint density at radius 2 is 1.62 bits per heavy atom. The second kappa shape index (κ2) is 4.43. The average Bonchev–Trinajstić information content (AvgIpc) is 2.62. The Bertz CT molecular complexity index is 144. The number of likely N-dealkylation sites (N-methyl/N-ethyl adjacent to an activating group) is 1. The Kier molecular flexibility index (Phi) is 3.23. The molecule has 0 aromatic heterocycles. The van der Waals surface area contributed by atoms with Crippen molar-refractivity contribution in [1.29, 1.82) is 0 Å². The first-order valence-corrected chi connectivity index (χ1v) is 5.75. The minimum absolute atomic E-state index is 1.03. The van der Waals surface area contributed by atoms with Gasteiger partial charge in [0.05, 0.1) is 0 Å². The van der Waals surface area contributed by atoms with E-state index < -0.39 is 0 Å². The normalized spacial score (nSPS) is 28.4. The molecule has 0 spiro atoms. The molecule has 2 heteroatoms. The van der Waals surface area contributed by atoms with Crippen molar-refractivity contribution in [3.05, 3.63) is 0 Å². The van der Waals surface area contributed by atoms with Gasteiger partial charge in [0.2, 0.25) is 0 Å². The fourth-order valence-electron chi connectivity index (χ4n) is 2.59. The van der Waals surface area contributed by atoms with E-state index in [1.165, 1.54) is 58.4 Å². The summed E-state index contributed by atoms with van der Waals surface area (Å²) in [6, 6.07) is 0. The van der Waals surface area contributed by atoms with E-state index in [-0.39, 0.29) is 0 Å². The summed E-state index contributed by atoms with van der Waals surface area (Å²) in [6.45, 7) is 6.52. The quantitative estimate of drug-likeness (QED) is 0.637. The van der Waals surface area contributed by atoms with Crippen molar-refractivity contribution in [3.8, 4) is 0 Å². The SMILES string of the molecule is CN1CCN(CC2CCCC2)CC1. The highest BCUT2D eigenvalue weighted by Crippen LogP contribution is 2.25. The van der Waals surface area contributed by atoms with E-state index in [2.05, 4.69) is 16.8 Å². The molecule has 1 aliphatic heterocycles. The molecule has 13 heavy (non-hydrogen) atoms. The van der Waals surface area contributed by atoms with Crippen molar-refractivity contribution < 1.29 is 0 Å². The van der Waals surface area contributed by atoms with Crippen LogP contribution in [0.5, 0.6) is 0 Å². The van der Waals surface area contributed by atoms with Crippen LogP contribution < -0.4 is 0 Å². The van der Waals surface area contributed by atoms with Gasteiger partial charge in [0, 0.05) is 32.7 Å². The van der Waals surface area contributed by atoms with Gasteiger partial charge < -0.3 is 9.80 Å². The van der Waals surface area contributed by atoms with Gasteiger partial charge in [0.1, 0.15) is 0 Å². The van der Waals surface area contributed by atoms with Gasteiger partial charge in [0.25, 0.3) is 0 Å². The van der Waals surface area contributed by atoms with Crippen molar-refractivity contribution in [3.63, 3.8) is 0 Å². The molecule has 0 amide bonds. The Morgan fingerprint density at radius 1 is 1.00 bits per heavy atom. The standard InChI is InChI=1S/C11H22N2/c1-12-6-8-13(9-7-12)10-11-4-2-3-5-11/h11H,2-10H2,1H3. The van der Waals surface area contributed by atoms with Crippen LogP contribution >= 0.6 is 0 Å². The summed E-state index contributed by atoms with van der Waals surface area (Å²) in [5, 5.41) is 0. The highest BCUT2D eigenvalue weighted by molar-refractivity contribution is 4.75. The zero-order valence-electron chi connectivity index (χ0n) is 8.84. The zero-order chi connectivity index (χ0) is 9.10. The predicted octanol–water partition coefficient (Wildman–Crippen LogP) is 1.42. The van der Waals surface area contributed by atoms with E-state index in [1.807, 2.05) is 0 Å². The van der Waals surface area contributed by atoms with E-state index in [1.54, 1.807) is 0 Å². The average molecular weight is 182 g/mol. The van der Waals surface area contributed by atoms with Crippen LogP contribution in [0.25, 0.3) is 0 Å². The first kappa shape index (κ1) is 9.47. The molecular formula is C11H22N2. The molecule has 1 aliphatic carbocycles. The summed E-state index contributed by atoms with van der Waals surface area (Å²) >= 11 is 0. The Labute approximate surface area is 81.9 Å². The van der Waals surface area contributed by atoms with Crippen molar-refractivity contribution in [1.82, 2.24) is 9.80 Å². The fourth-order valence-corrected chi connectivity index (χ4v) is 2.59. The second-order valence-electron chi connectivity index (χ2n) is 4.75. The van der Waals surface area contributed by atoms with Gasteiger partial charge in [0.15, 0.2) is 0 Å². The molecule has 76 valence electrons. The van der Waals surface area contributed by atoms with Crippen molar-refractivity contribution in [2.45, 2.75) is 25.7 Å². The Balaban J connectivity index is 1.69. The molecule has 2 rings (SSSR count). The van der Waals surface area contributed by atoms with E-state index in [0.29, 0.717) is 0 Å². The molecule has 0 aromatic carbocycles. The van der Waals surface area contributed by atoms with Crippen LogP contribution in [-0.4, -0.2) is 49.6 Å². The van der Waals surface area contributed by atoms with Crippen LogP contribution in [0.3, 0.4) is 0 Å². The second-order valence-corrected chi connectivity index (χ2v) is 4.75. The lowest BCUT2D eigenvalue weighted by Crippen LogP contribution is -2.45. The summed E-state index contributed by atoms with van der Waals surface area (Å²) in [6.07, 6.45) is 5.95. The van der Waals surface area contributed by atoms with Crippen LogP contribution in [0.15, 0.2) is 0 Å². The topological polar surface area (TPSA) is 6.48 Å². The molecular weight excluding hydrogens is 160 g/mol. The first-order chi connectivity index (χ1) is 6.34. The highest BCUT2D eigenvalue weighted by Gasteiger charge is 2.20. The van der Waals surface area contributed by atoms with Gasteiger partial charge in [-0.1, -0.05) is 12.8 Å². The predicted molar refractivity (Wildman–Crippen MR) is 55.9 cm³/mol. The molecule has 0 radical (unpaired) electrons. The van der Waals surface area contributed by atoms with Gasteiger partial charge >= 0.3 is 0 Å². The van der Waals surface area contributed by atoms with Crippen LogP contribution in [0.1, 0.15) is 25.7 Å². The number of piperazine rings is 1.